The van der Waals surface area contributed by atoms with Gasteiger partial charge in [0.1, 0.15) is 5.75 Å². The van der Waals surface area contributed by atoms with Crippen LogP contribution in [-0.4, -0.2) is 37.6 Å². The van der Waals surface area contributed by atoms with Gasteiger partial charge in [-0.1, -0.05) is 0 Å². The van der Waals surface area contributed by atoms with Gasteiger partial charge in [0.15, 0.2) is 5.78 Å². The summed E-state index contributed by atoms with van der Waals surface area (Å²) in [5, 5.41) is 13.7. The highest BCUT2D eigenvalue weighted by atomic mass is 16.3. The lowest BCUT2D eigenvalue weighted by molar-refractivity contribution is -0.113. The zero-order valence-corrected chi connectivity index (χ0v) is 14.8. The smallest absolute Gasteiger partial charge is 0.169 e. The fourth-order valence-corrected chi connectivity index (χ4v) is 4.10. The number of rotatable bonds is 0. The lowest BCUT2D eigenvalue weighted by atomic mass is 10.1. The average Bonchev–Trinajstić information content (AvgIpc) is 3.43. The van der Waals surface area contributed by atoms with Crippen LogP contribution in [0.4, 0.5) is 0 Å². The summed E-state index contributed by atoms with van der Waals surface area (Å²) in [6, 6.07) is 9.47. The summed E-state index contributed by atoms with van der Waals surface area (Å²) in [5.41, 5.74) is 3.97. The van der Waals surface area contributed by atoms with E-state index >= 15 is 0 Å². The summed E-state index contributed by atoms with van der Waals surface area (Å²) >= 11 is 0. The number of Topliss-reactive ketones (excluding diaryl/α,β-unsaturated/α-hetero) is 1. The Kier molecular flexibility index (Phi) is 2.92. The second kappa shape index (κ2) is 5.36. The maximum atomic E-state index is 12.5. The van der Waals surface area contributed by atoms with Gasteiger partial charge in [0.05, 0.1) is 17.1 Å². The van der Waals surface area contributed by atoms with Gasteiger partial charge in [-0.25, -0.2) is 0 Å². The number of ketones is 1. The van der Waals surface area contributed by atoms with E-state index in [-0.39, 0.29) is 24.0 Å². The Hall–Kier alpha value is -3.80. The number of hydrogen-bond donors (Lipinski definition) is 4. The highest BCUT2D eigenvalue weighted by Gasteiger charge is 2.34. The molecule has 0 spiro atoms. The van der Waals surface area contributed by atoms with Crippen LogP contribution in [0.3, 0.4) is 0 Å². The van der Waals surface area contributed by atoms with Crippen molar-refractivity contribution in [2.24, 2.45) is 4.99 Å². The molecular weight excluding hydrogens is 352 g/mol. The van der Waals surface area contributed by atoms with Crippen molar-refractivity contribution in [2.75, 3.05) is 0 Å². The molecule has 1 unspecified atom stereocenters. The highest BCUT2D eigenvalue weighted by molar-refractivity contribution is 6.47. The van der Waals surface area contributed by atoms with E-state index in [0.29, 0.717) is 16.6 Å². The number of carbonyl (C=O) groups is 1. The van der Waals surface area contributed by atoms with Crippen molar-refractivity contribution in [2.45, 2.75) is 12.5 Å². The van der Waals surface area contributed by atoms with Crippen LogP contribution >= 0.6 is 0 Å². The first-order chi connectivity index (χ1) is 13.6. The van der Waals surface area contributed by atoms with Crippen molar-refractivity contribution in [3.05, 3.63) is 74.8 Å². The minimum Gasteiger partial charge on any atom is -0.506 e. The minimum atomic E-state index is -0.205. The molecule has 0 amide bonds. The molecule has 0 radical (unpaired) electrons. The molecule has 3 aliphatic rings. The van der Waals surface area contributed by atoms with Crippen LogP contribution in [0, 0.1) is 0 Å². The molecule has 2 aliphatic heterocycles. The Bertz CT molecular complexity index is 1470. The number of fused-ring (bicyclic) bond motifs is 7. The molecule has 3 aromatic rings. The van der Waals surface area contributed by atoms with Gasteiger partial charge < -0.3 is 20.1 Å². The molecule has 28 heavy (non-hydrogen) atoms. The molecule has 6 rings (SSSR count). The van der Waals surface area contributed by atoms with Crippen LogP contribution in [0.5, 0.6) is 5.75 Å². The molecule has 6 nitrogen and oxygen atoms in total. The Morgan fingerprint density at radius 2 is 1.71 bits per heavy atom. The molecule has 1 saturated carbocycles. The van der Waals surface area contributed by atoms with Gasteiger partial charge in [-0.15, -0.1) is 0 Å². The highest BCUT2D eigenvalue weighted by Crippen LogP contribution is 2.30. The zero-order chi connectivity index (χ0) is 18.8. The summed E-state index contributed by atoms with van der Waals surface area (Å²) < 4.78 is 0. The van der Waals surface area contributed by atoms with E-state index in [4.69, 9.17) is 4.99 Å². The van der Waals surface area contributed by atoms with Crippen LogP contribution < -0.4 is 21.4 Å². The number of aromatic hydroxyl groups is 1. The van der Waals surface area contributed by atoms with E-state index in [1.54, 1.807) is 6.07 Å². The summed E-state index contributed by atoms with van der Waals surface area (Å²) in [7, 11) is 0. The first-order valence-corrected chi connectivity index (χ1v) is 9.16. The quantitative estimate of drug-likeness (QED) is 0.438. The number of hydrogen-bond acceptors (Lipinski definition) is 3. The van der Waals surface area contributed by atoms with Gasteiger partial charge >= 0.3 is 0 Å². The number of nitrogens with one attached hydrogen (secondary N) is 3. The van der Waals surface area contributed by atoms with Crippen molar-refractivity contribution in [1.29, 1.82) is 0 Å². The normalized spacial score (nSPS) is 21.6. The number of allylic oxidation sites excluding steroid dienone is 1. The number of aromatic amines is 3. The van der Waals surface area contributed by atoms with Crippen LogP contribution in [-0.2, 0) is 4.79 Å². The Balaban J connectivity index is 1.69. The first kappa shape index (κ1) is 15.3. The molecule has 1 aliphatic carbocycles. The molecule has 8 bridgehead atoms. The van der Waals surface area contributed by atoms with Crippen molar-refractivity contribution in [3.8, 4) is 5.75 Å². The molecule has 0 saturated heterocycles. The second-order valence-electron chi connectivity index (χ2n) is 7.31. The fraction of sp³-hybridized carbons (Fsp3) is 0.0909. The fourth-order valence-electron chi connectivity index (χ4n) is 4.10. The van der Waals surface area contributed by atoms with Crippen LogP contribution in [0.2, 0.25) is 0 Å². The van der Waals surface area contributed by atoms with Crippen LogP contribution in [0.1, 0.15) is 17.8 Å². The average molecular weight is 368 g/mol. The van der Waals surface area contributed by atoms with E-state index in [0.717, 1.165) is 33.0 Å². The molecule has 1 atom stereocenters. The van der Waals surface area contributed by atoms with Crippen molar-refractivity contribution in [3.63, 3.8) is 0 Å². The molecule has 3 aromatic heterocycles. The minimum absolute atomic E-state index is 0.0415. The summed E-state index contributed by atoms with van der Waals surface area (Å²) in [5.74, 6) is 0.168. The number of aromatic nitrogens is 3. The van der Waals surface area contributed by atoms with Gasteiger partial charge in [-0.2, -0.15) is 0 Å². The number of H-pyrrole nitrogens is 3. The summed E-state index contributed by atoms with van der Waals surface area (Å²) in [6.07, 6.45) is 8.10. The number of nitrogens with zero attached hydrogens (tertiary/aromatic N) is 1. The predicted octanol–water partition coefficient (Wildman–Crippen LogP) is -0.299. The Morgan fingerprint density at radius 3 is 2.57 bits per heavy atom. The van der Waals surface area contributed by atoms with Gasteiger partial charge in [-0.05, 0) is 48.6 Å². The maximum absolute atomic E-state index is 12.5. The topological polar surface area (TPSA) is 97.0 Å². The van der Waals surface area contributed by atoms with Gasteiger partial charge in [0.25, 0.3) is 0 Å². The van der Waals surface area contributed by atoms with Crippen LogP contribution in [0.15, 0.2) is 47.0 Å². The molecule has 5 heterocycles. The molecule has 136 valence electrons. The molecule has 6 heteroatoms. The summed E-state index contributed by atoms with van der Waals surface area (Å²) in [4.78, 5) is 27.2. The van der Waals surface area contributed by atoms with E-state index < -0.39 is 0 Å². The molecule has 1 fully saturated rings. The monoisotopic (exact) mass is 368 g/mol. The Morgan fingerprint density at radius 1 is 0.929 bits per heavy atom. The third-order valence-electron chi connectivity index (χ3n) is 5.35. The van der Waals surface area contributed by atoms with Gasteiger partial charge in [0.2, 0.25) is 0 Å². The Labute approximate surface area is 158 Å². The zero-order valence-electron chi connectivity index (χ0n) is 14.8. The second-order valence-corrected chi connectivity index (χ2v) is 7.31. The van der Waals surface area contributed by atoms with Crippen molar-refractivity contribution < 1.29 is 9.90 Å². The number of aliphatic imine (C=N–C) groups is 1. The van der Waals surface area contributed by atoms with E-state index in [1.165, 1.54) is 0 Å². The third-order valence-corrected chi connectivity index (χ3v) is 5.35. The SMILES string of the molecule is O=C1C/C2=c3/[nH]c(cc3O)=Cc3ccc([nH]3)C=c3ccc([nH]3)=CC3C=C1C2=N3. The molecule has 0 aromatic carbocycles. The number of carbonyl (C=O) groups excluding carboxylic acids is 1. The van der Waals surface area contributed by atoms with Crippen molar-refractivity contribution >= 4 is 35.3 Å². The van der Waals surface area contributed by atoms with E-state index in [9.17, 15) is 9.90 Å². The predicted molar refractivity (Wildman–Crippen MR) is 106 cm³/mol. The lowest BCUT2D eigenvalue weighted by Gasteiger charge is -1.98. The van der Waals surface area contributed by atoms with Gasteiger partial charge in [-0.3, -0.25) is 9.79 Å². The lowest BCUT2D eigenvalue weighted by Crippen LogP contribution is -2.16. The van der Waals surface area contributed by atoms with Crippen LogP contribution in [0.25, 0.3) is 23.8 Å². The largest absolute Gasteiger partial charge is 0.506 e. The van der Waals surface area contributed by atoms with E-state index in [1.807, 2.05) is 48.6 Å². The standard InChI is InChI=1S/C22H16N4O2/c27-19-10-18-21-17(19)8-15(25-21)6-13-3-1-11(23-13)5-12-2-4-14(24-12)7-16-9-20(28)22(18)26-16/h1-9,15,23-24,26,28H,10H2/b11-5?,13-6?,16-7?,22-18-. The molecular formula is C22H16N4O2. The van der Waals surface area contributed by atoms with Crippen molar-refractivity contribution in [1.82, 2.24) is 15.0 Å². The van der Waals surface area contributed by atoms with Gasteiger partial charge in [0, 0.05) is 51.1 Å². The first-order valence-electron chi connectivity index (χ1n) is 9.16. The third kappa shape index (κ3) is 2.28. The molecule has 4 N–H and O–H groups in total. The van der Waals surface area contributed by atoms with E-state index in [2.05, 4.69) is 15.0 Å². The summed E-state index contributed by atoms with van der Waals surface area (Å²) in [6.45, 7) is 0. The maximum Gasteiger partial charge on any atom is 0.169 e.